The second kappa shape index (κ2) is 14.5. The van der Waals surface area contributed by atoms with E-state index in [4.69, 9.17) is 25.8 Å². The molecule has 0 unspecified atom stereocenters. The fourth-order valence-electron chi connectivity index (χ4n) is 5.21. The van der Waals surface area contributed by atoms with Crippen LogP contribution < -0.4 is 14.4 Å². The summed E-state index contributed by atoms with van der Waals surface area (Å²) < 4.78 is 16.2. The zero-order valence-corrected chi connectivity index (χ0v) is 25.3. The van der Waals surface area contributed by atoms with Crippen LogP contribution in [-0.2, 0) is 9.53 Å². The van der Waals surface area contributed by atoms with E-state index < -0.39 is 0 Å². The average molecular weight is 609 g/mol. The molecule has 0 bridgehead atoms. The van der Waals surface area contributed by atoms with E-state index in [0.717, 1.165) is 24.5 Å². The Morgan fingerprint density at radius 1 is 0.907 bits per heavy atom. The molecule has 3 aromatic rings. The van der Waals surface area contributed by atoms with Crippen molar-refractivity contribution in [3.8, 4) is 22.8 Å². The Hall–Kier alpha value is -3.93. The highest BCUT2D eigenvalue weighted by Gasteiger charge is 2.27. The maximum Gasteiger partial charge on any atom is 0.254 e. The van der Waals surface area contributed by atoms with E-state index >= 15 is 0 Å². The molecule has 2 aliphatic heterocycles. The number of hydrogen-bond acceptors (Lipinski definition) is 9. The van der Waals surface area contributed by atoms with Gasteiger partial charge in [0.1, 0.15) is 18.0 Å². The zero-order chi connectivity index (χ0) is 30.2. The molecule has 0 spiro atoms. The van der Waals surface area contributed by atoms with Crippen LogP contribution in [0.1, 0.15) is 10.4 Å². The van der Waals surface area contributed by atoms with Gasteiger partial charge >= 0.3 is 0 Å². The molecule has 228 valence electrons. The zero-order valence-electron chi connectivity index (χ0n) is 24.6. The maximum absolute atomic E-state index is 13.4. The lowest BCUT2D eigenvalue weighted by Gasteiger charge is -2.36. The minimum Gasteiger partial charge on any atom is -0.497 e. The van der Waals surface area contributed by atoms with E-state index in [1.165, 1.54) is 0 Å². The topological polar surface area (TPSA) is 101 Å². The summed E-state index contributed by atoms with van der Waals surface area (Å²) in [5.74, 6) is 1.85. The largest absolute Gasteiger partial charge is 0.497 e. The average Bonchev–Trinajstić information content (AvgIpc) is 3.07. The Morgan fingerprint density at radius 3 is 2.30 bits per heavy atom. The van der Waals surface area contributed by atoms with Crippen LogP contribution in [0.4, 0.5) is 5.82 Å². The normalized spacial score (nSPS) is 15.7. The number of morpholine rings is 1. The molecule has 0 aliphatic carbocycles. The number of amides is 2. The smallest absolute Gasteiger partial charge is 0.254 e. The van der Waals surface area contributed by atoms with Crippen LogP contribution in [-0.4, -0.2) is 123 Å². The van der Waals surface area contributed by atoms with Gasteiger partial charge in [-0.3, -0.25) is 14.5 Å². The maximum atomic E-state index is 13.4. The minimum absolute atomic E-state index is 0.0179. The molecule has 2 aliphatic rings. The number of nitrogens with zero attached hydrogens (tertiary/aromatic N) is 6. The van der Waals surface area contributed by atoms with E-state index in [-0.39, 0.29) is 18.4 Å². The fraction of sp³-hybridized carbons (Fsp3) is 0.419. The predicted molar refractivity (Wildman–Crippen MR) is 164 cm³/mol. The van der Waals surface area contributed by atoms with E-state index in [1.54, 1.807) is 43.4 Å². The van der Waals surface area contributed by atoms with Crippen molar-refractivity contribution in [2.45, 2.75) is 0 Å². The molecule has 2 saturated heterocycles. The first kappa shape index (κ1) is 30.5. The number of methoxy groups -OCH3 is 2. The molecule has 43 heavy (non-hydrogen) atoms. The SMILES string of the molecule is COc1ccc(-c2ccc(N3CCN(C(=O)CN(CCN4CCOCC4)C(=O)c4ccc(Cl)cc4)CC3)nn2)c(OC)c1. The first-order valence-corrected chi connectivity index (χ1v) is 14.8. The van der Waals surface area contributed by atoms with Crippen LogP contribution in [0.2, 0.25) is 5.02 Å². The lowest BCUT2D eigenvalue weighted by molar-refractivity contribution is -0.132. The summed E-state index contributed by atoms with van der Waals surface area (Å²) in [7, 11) is 3.22. The highest BCUT2D eigenvalue weighted by atomic mass is 35.5. The number of hydrogen-bond donors (Lipinski definition) is 0. The lowest BCUT2D eigenvalue weighted by atomic mass is 10.1. The first-order chi connectivity index (χ1) is 20.9. The standard InChI is InChI=1S/C31H37ClN6O5/c1-41-25-7-8-26(28(21-25)42-2)27-9-10-29(34-33-27)36-13-15-37(16-14-36)30(39)22-38(12-11-35-17-19-43-20-18-35)31(40)23-3-5-24(32)6-4-23/h3-10,21H,11-20,22H2,1-2H3. The van der Waals surface area contributed by atoms with Crippen LogP contribution in [0.5, 0.6) is 11.5 Å². The number of benzene rings is 2. The van der Waals surface area contributed by atoms with Crippen molar-refractivity contribution < 1.29 is 23.8 Å². The summed E-state index contributed by atoms with van der Waals surface area (Å²) in [6.07, 6.45) is 0. The van der Waals surface area contributed by atoms with Crippen LogP contribution in [0.3, 0.4) is 0 Å². The number of rotatable bonds is 10. The molecule has 2 aromatic carbocycles. The number of carbonyl (C=O) groups excluding carboxylic acids is 2. The van der Waals surface area contributed by atoms with Crippen LogP contribution >= 0.6 is 11.6 Å². The number of aromatic nitrogens is 2. The summed E-state index contributed by atoms with van der Waals surface area (Å²) in [6, 6.07) is 16.2. The van der Waals surface area contributed by atoms with Gasteiger partial charge in [0.05, 0.1) is 33.1 Å². The molecule has 2 fully saturated rings. The molecular weight excluding hydrogens is 572 g/mol. The number of halogens is 1. The second-order valence-electron chi connectivity index (χ2n) is 10.4. The van der Waals surface area contributed by atoms with E-state index in [1.807, 2.05) is 35.2 Å². The van der Waals surface area contributed by atoms with E-state index in [2.05, 4.69) is 20.0 Å². The van der Waals surface area contributed by atoms with Crippen molar-refractivity contribution in [1.82, 2.24) is 24.9 Å². The molecule has 1 aromatic heterocycles. The van der Waals surface area contributed by atoms with E-state index in [9.17, 15) is 9.59 Å². The molecule has 11 nitrogen and oxygen atoms in total. The minimum atomic E-state index is -0.180. The van der Waals surface area contributed by atoms with Gasteiger partial charge in [0, 0.05) is 74.6 Å². The van der Waals surface area contributed by atoms with E-state index in [0.29, 0.717) is 80.3 Å². The van der Waals surface area contributed by atoms with Gasteiger partial charge in [0.2, 0.25) is 5.91 Å². The molecule has 12 heteroatoms. The molecule has 5 rings (SSSR count). The molecule has 0 atom stereocenters. The molecule has 2 amide bonds. The molecular formula is C31H37ClN6O5. The van der Waals surface area contributed by atoms with Crippen molar-refractivity contribution in [3.05, 3.63) is 65.2 Å². The van der Waals surface area contributed by atoms with Gasteiger partial charge in [0.15, 0.2) is 5.82 Å². The third kappa shape index (κ3) is 7.73. The molecule has 3 heterocycles. The monoisotopic (exact) mass is 608 g/mol. The van der Waals surface area contributed by atoms with Crippen molar-refractivity contribution in [2.24, 2.45) is 0 Å². The summed E-state index contributed by atoms with van der Waals surface area (Å²) in [4.78, 5) is 34.7. The molecule has 0 N–H and O–H groups in total. The molecule has 0 saturated carbocycles. The van der Waals surface area contributed by atoms with Gasteiger partial charge in [0.25, 0.3) is 5.91 Å². The van der Waals surface area contributed by atoms with Crippen molar-refractivity contribution in [3.63, 3.8) is 0 Å². The molecule has 0 radical (unpaired) electrons. The summed E-state index contributed by atoms with van der Waals surface area (Å²) in [5.41, 5.74) is 2.03. The van der Waals surface area contributed by atoms with Gasteiger partial charge in [-0.15, -0.1) is 10.2 Å². The van der Waals surface area contributed by atoms with Gasteiger partial charge in [-0.1, -0.05) is 11.6 Å². The number of anilines is 1. The van der Waals surface area contributed by atoms with Gasteiger partial charge in [-0.05, 0) is 48.5 Å². The third-order valence-electron chi connectivity index (χ3n) is 7.79. The van der Waals surface area contributed by atoms with Crippen LogP contribution in [0.25, 0.3) is 11.3 Å². The van der Waals surface area contributed by atoms with Gasteiger partial charge in [-0.25, -0.2) is 0 Å². The number of piperazine rings is 1. The lowest BCUT2D eigenvalue weighted by Crippen LogP contribution is -2.53. The van der Waals surface area contributed by atoms with Crippen LogP contribution in [0, 0.1) is 0 Å². The summed E-state index contributed by atoms with van der Waals surface area (Å²) >= 11 is 6.03. The quantitative estimate of drug-likeness (QED) is 0.344. The Morgan fingerprint density at radius 2 is 1.65 bits per heavy atom. The second-order valence-corrected chi connectivity index (χ2v) is 10.8. The Balaban J connectivity index is 1.19. The Bertz CT molecular complexity index is 1380. The summed E-state index contributed by atoms with van der Waals surface area (Å²) in [6.45, 7) is 6.43. The summed E-state index contributed by atoms with van der Waals surface area (Å²) in [5, 5.41) is 9.45. The highest BCUT2D eigenvalue weighted by molar-refractivity contribution is 6.30. The number of ether oxygens (including phenoxy) is 3. The van der Waals surface area contributed by atoms with Crippen LogP contribution in [0.15, 0.2) is 54.6 Å². The Labute approximate surface area is 256 Å². The van der Waals surface area contributed by atoms with Crippen molar-refractivity contribution in [2.75, 3.05) is 91.2 Å². The van der Waals surface area contributed by atoms with Crippen molar-refractivity contribution >= 4 is 29.2 Å². The Kier molecular flexibility index (Phi) is 10.3. The van der Waals surface area contributed by atoms with Gasteiger partial charge in [-0.2, -0.15) is 0 Å². The predicted octanol–water partition coefficient (Wildman–Crippen LogP) is 2.94. The first-order valence-electron chi connectivity index (χ1n) is 14.4. The highest BCUT2D eigenvalue weighted by Crippen LogP contribution is 2.32. The third-order valence-corrected chi connectivity index (χ3v) is 8.04. The fourth-order valence-corrected chi connectivity index (χ4v) is 5.34. The van der Waals surface area contributed by atoms with Gasteiger partial charge < -0.3 is 28.9 Å². The van der Waals surface area contributed by atoms with Crippen molar-refractivity contribution in [1.29, 1.82) is 0 Å². The number of carbonyl (C=O) groups is 2.